The smallest absolute Gasteiger partial charge is 0.277 e. The monoisotopic (exact) mass is 392 g/mol. The number of nitro benzene ring substituents is 1. The maximum absolute atomic E-state index is 12.0. The van der Waals surface area contributed by atoms with E-state index in [9.17, 15) is 14.9 Å². The summed E-state index contributed by atoms with van der Waals surface area (Å²) in [5, 5.41) is 14.7. The van der Waals surface area contributed by atoms with E-state index in [4.69, 9.17) is 4.74 Å². The number of benzene rings is 2. The van der Waals surface area contributed by atoms with Crippen molar-refractivity contribution in [2.24, 2.45) is 5.10 Å². The van der Waals surface area contributed by atoms with Crippen LogP contribution in [0, 0.1) is 24.0 Å². The summed E-state index contributed by atoms with van der Waals surface area (Å²) in [7, 11) is 0. The highest BCUT2D eigenvalue weighted by Crippen LogP contribution is 2.18. The Bertz CT molecular complexity index is 1050. The van der Waals surface area contributed by atoms with E-state index in [-0.39, 0.29) is 18.2 Å². The number of nitrogens with one attached hydrogen (secondary N) is 1. The van der Waals surface area contributed by atoms with Gasteiger partial charge in [-0.3, -0.25) is 14.9 Å². The second-order valence-corrected chi connectivity index (χ2v) is 6.43. The Balaban J connectivity index is 1.59. The number of hydrogen-bond acceptors (Lipinski definition) is 5. The van der Waals surface area contributed by atoms with Crippen LogP contribution in [-0.2, 0) is 4.79 Å². The van der Waals surface area contributed by atoms with Gasteiger partial charge in [0.2, 0.25) is 0 Å². The Hall–Kier alpha value is -3.94. The predicted octanol–water partition coefficient (Wildman–Crippen LogP) is 3.53. The van der Waals surface area contributed by atoms with Crippen LogP contribution in [0.15, 0.2) is 65.9 Å². The Morgan fingerprint density at radius 1 is 1.21 bits per heavy atom. The first-order chi connectivity index (χ1) is 13.9. The zero-order valence-electron chi connectivity index (χ0n) is 16.0. The fourth-order valence-corrected chi connectivity index (χ4v) is 2.78. The van der Waals surface area contributed by atoms with Crippen LogP contribution in [-0.4, -0.2) is 28.2 Å². The predicted molar refractivity (Wildman–Crippen MR) is 110 cm³/mol. The Morgan fingerprint density at radius 3 is 2.66 bits per heavy atom. The molecule has 0 spiro atoms. The van der Waals surface area contributed by atoms with E-state index in [1.54, 1.807) is 22.9 Å². The van der Waals surface area contributed by atoms with Crippen LogP contribution in [0.4, 0.5) is 5.69 Å². The van der Waals surface area contributed by atoms with Gasteiger partial charge in [0.25, 0.3) is 11.6 Å². The van der Waals surface area contributed by atoms with Gasteiger partial charge in [0.1, 0.15) is 5.75 Å². The number of hydrogen-bond donors (Lipinski definition) is 1. The molecule has 2 aromatic carbocycles. The standard InChI is InChI=1S/C21H20N4O4/c1-15-5-10-20(16(2)12-15)29-14-21(26)23-22-13-19-4-3-11-24(19)17-6-8-18(9-7-17)25(27)28/h3-13H,14H2,1-2H3,(H,23,26)/b22-13-. The molecule has 0 atom stereocenters. The summed E-state index contributed by atoms with van der Waals surface area (Å²) >= 11 is 0. The van der Waals surface area contributed by atoms with Crippen LogP contribution in [0.25, 0.3) is 5.69 Å². The minimum Gasteiger partial charge on any atom is -0.483 e. The highest BCUT2D eigenvalue weighted by atomic mass is 16.6. The normalized spacial score (nSPS) is 10.8. The lowest BCUT2D eigenvalue weighted by Gasteiger charge is -2.09. The summed E-state index contributed by atoms with van der Waals surface area (Å²) in [6, 6.07) is 15.5. The lowest BCUT2D eigenvalue weighted by atomic mass is 10.1. The van der Waals surface area contributed by atoms with Gasteiger partial charge < -0.3 is 9.30 Å². The number of carbonyl (C=O) groups excluding carboxylic acids is 1. The van der Waals surface area contributed by atoms with Crippen LogP contribution in [0.3, 0.4) is 0 Å². The van der Waals surface area contributed by atoms with Gasteiger partial charge in [0.15, 0.2) is 6.61 Å². The maximum atomic E-state index is 12.0. The van der Waals surface area contributed by atoms with Gasteiger partial charge in [0, 0.05) is 24.0 Å². The van der Waals surface area contributed by atoms with Crippen molar-refractivity contribution in [1.29, 1.82) is 0 Å². The molecule has 0 aliphatic heterocycles. The van der Waals surface area contributed by atoms with Gasteiger partial charge in [-0.1, -0.05) is 17.7 Å². The molecule has 0 unspecified atom stereocenters. The summed E-state index contributed by atoms with van der Waals surface area (Å²) in [6.07, 6.45) is 3.30. The van der Waals surface area contributed by atoms with Gasteiger partial charge in [-0.2, -0.15) is 5.10 Å². The largest absolute Gasteiger partial charge is 0.483 e. The molecule has 8 nitrogen and oxygen atoms in total. The lowest BCUT2D eigenvalue weighted by molar-refractivity contribution is -0.384. The highest BCUT2D eigenvalue weighted by Gasteiger charge is 2.07. The number of ether oxygens (including phenoxy) is 1. The van der Waals surface area contributed by atoms with E-state index in [2.05, 4.69) is 10.5 Å². The van der Waals surface area contributed by atoms with E-state index < -0.39 is 4.92 Å². The number of aromatic nitrogens is 1. The average Bonchev–Trinajstić information content (AvgIpc) is 3.16. The van der Waals surface area contributed by atoms with E-state index in [1.807, 2.05) is 44.2 Å². The fraction of sp³-hybridized carbons (Fsp3) is 0.143. The van der Waals surface area contributed by atoms with Crippen molar-refractivity contribution in [2.45, 2.75) is 13.8 Å². The molecule has 0 aliphatic rings. The molecular formula is C21H20N4O4. The van der Waals surface area contributed by atoms with E-state index >= 15 is 0 Å². The minimum absolute atomic E-state index is 0.0206. The minimum atomic E-state index is -0.447. The molecule has 0 fully saturated rings. The number of aryl methyl sites for hydroxylation is 2. The molecule has 0 saturated carbocycles. The molecule has 0 radical (unpaired) electrons. The molecule has 1 amide bonds. The molecule has 1 N–H and O–H groups in total. The van der Waals surface area contributed by atoms with E-state index in [1.165, 1.54) is 18.3 Å². The molecule has 0 saturated heterocycles. The number of hydrazone groups is 1. The summed E-state index contributed by atoms with van der Waals surface area (Å²) < 4.78 is 7.32. The summed E-state index contributed by atoms with van der Waals surface area (Å²) in [5.41, 5.74) is 5.98. The maximum Gasteiger partial charge on any atom is 0.277 e. The fourth-order valence-electron chi connectivity index (χ4n) is 2.78. The average molecular weight is 392 g/mol. The van der Waals surface area contributed by atoms with Gasteiger partial charge in [-0.15, -0.1) is 0 Å². The molecule has 29 heavy (non-hydrogen) atoms. The Kier molecular flexibility index (Phi) is 6.03. The Labute approximate surface area is 167 Å². The summed E-state index contributed by atoms with van der Waals surface area (Å²) in [4.78, 5) is 22.3. The van der Waals surface area contributed by atoms with Crippen molar-refractivity contribution in [2.75, 3.05) is 6.61 Å². The molecule has 0 bridgehead atoms. The molecule has 3 rings (SSSR count). The van der Waals surface area contributed by atoms with Crippen molar-refractivity contribution in [3.05, 3.63) is 87.7 Å². The van der Waals surface area contributed by atoms with Crippen molar-refractivity contribution >= 4 is 17.8 Å². The molecular weight excluding hydrogens is 372 g/mol. The number of nitro groups is 1. The Morgan fingerprint density at radius 2 is 1.97 bits per heavy atom. The van der Waals surface area contributed by atoms with Crippen LogP contribution in [0.1, 0.15) is 16.8 Å². The second-order valence-electron chi connectivity index (χ2n) is 6.43. The van der Waals surface area contributed by atoms with Crippen molar-refractivity contribution in [1.82, 2.24) is 9.99 Å². The third-order valence-corrected chi connectivity index (χ3v) is 4.19. The van der Waals surface area contributed by atoms with Crippen LogP contribution in [0.5, 0.6) is 5.75 Å². The second kappa shape index (κ2) is 8.83. The first-order valence-electron chi connectivity index (χ1n) is 8.88. The van der Waals surface area contributed by atoms with Gasteiger partial charge in [-0.05, 0) is 49.7 Å². The van der Waals surface area contributed by atoms with Crippen molar-refractivity contribution < 1.29 is 14.5 Å². The molecule has 8 heteroatoms. The molecule has 1 heterocycles. The number of carbonyl (C=O) groups is 1. The number of nitrogens with zero attached hydrogens (tertiary/aromatic N) is 3. The van der Waals surface area contributed by atoms with Crippen LogP contribution in [0.2, 0.25) is 0 Å². The third kappa shape index (κ3) is 5.07. The first-order valence-corrected chi connectivity index (χ1v) is 8.88. The lowest BCUT2D eigenvalue weighted by Crippen LogP contribution is -2.24. The van der Waals surface area contributed by atoms with Gasteiger partial charge >= 0.3 is 0 Å². The zero-order valence-corrected chi connectivity index (χ0v) is 16.0. The first kappa shape index (κ1) is 19.8. The van der Waals surface area contributed by atoms with Gasteiger partial charge in [0.05, 0.1) is 16.8 Å². The van der Waals surface area contributed by atoms with Crippen molar-refractivity contribution in [3.8, 4) is 11.4 Å². The third-order valence-electron chi connectivity index (χ3n) is 4.19. The summed E-state index contributed by atoms with van der Waals surface area (Å²) in [5.74, 6) is 0.274. The molecule has 1 aromatic heterocycles. The number of amides is 1. The van der Waals surface area contributed by atoms with E-state index in [0.29, 0.717) is 11.4 Å². The van der Waals surface area contributed by atoms with Crippen LogP contribution >= 0.6 is 0 Å². The van der Waals surface area contributed by atoms with E-state index in [0.717, 1.165) is 16.8 Å². The topological polar surface area (TPSA) is 98.8 Å². The van der Waals surface area contributed by atoms with Gasteiger partial charge in [-0.25, -0.2) is 5.43 Å². The quantitative estimate of drug-likeness (QED) is 0.378. The number of non-ortho nitro benzene ring substituents is 1. The SMILES string of the molecule is Cc1ccc(OCC(=O)N/N=C\c2cccn2-c2ccc([N+](=O)[O-])cc2)c(C)c1. The van der Waals surface area contributed by atoms with Crippen LogP contribution < -0.4 is 10.2 Å². The zero-order chi connectivity index (χ0) is 20.8. The summed E-state index contributed by atoms with van der Waals surface area (Å²) in [6.45, 7) is 3.76. The van der Waals surface area contributed by atoms with Crippen molar-refractivity contribution in [3.63, 3.8) is 0 Å². The molecule has 0 aliphatic carbocycles. The molecule has 148 valence electrons. The number of rotatable bonds is 7. The highest BCUT2D eigenvalue weighted by molar-refractivity contribution is 5.82. The molecule has 3 aromatic rings.